The number of hydrogen-bond donors (Lipinski definition) is 1. The summed E-state index contributed by atoms with van der Waals surface area (Å²) in [6, 6.07) is 5.76. The predicted octanol–water partition coefficient (Wildman–Crippen LogP) is 3.55. The molecule has 1 fully saturated rings. The fourth-order valence-corrected chi connectivity index (χ4v) is 5.42. The van der Waals surface area contributed by atoms with Crippen LogP contribution in [-0.2, 0) is 14.8 Å². The number of sulfonamides is 1. The molecule has 0 radical (unpaired) electrons. The molecule has 1 aromatic rings. The van der Waals surface area contributed by atoms with Crippen LogP contribution in [0.15, 0.2) is 24.3 Å². The fraction of sp³-hybridized carbons (Fsp3) is 0.632. The lowest BCUT2D eigenvalue weighted by atomic mass is 10.0. The van der Waals surface area contributed by atoms with E-state index in [1.807, 2.05) is 11.8 Å². The van der Waals surface area contributed by atoms with E-state index < -0.39 is 15.8 Å². The summed E-state index contributed by atoms with van der Waals surface area (Å²) < 4.78 is 38.9. The maximum atomic E-state index is 13.9. The molecule has 0 heterocycles. The van der Waals surface area contributed by atoms with Gasteiger partial charge in [0.2, 0.25) is 15.9 Å². The van der Waals surface area contributed by atoms with E-state index in [1.165, 1.54) is 50.3 Å². The van der Waals surface area contributed by atoms with Gasteiger partial charge in [0.1, 0.15) is 5.82 Å². The zero-order valence-corrected chi connectivity index (χ0v) is 17.5. The van der Waals surface area contributed by atoms with E-state index in [4.69, 9.17) is 0 Å². The van der Waals surface area contributed by atoms with E-state index in [-0.39, 0.29) is 24.6 Å². The Hall–Kier alpha value is -1.28. The third kappa shape index (κ3) is 7.70. The van der Waals surface area contributed by atoms with E-state index >= 15 is 0 Å². The molecule has 27 heavy (non-hydrogen) atoms. The van der Waals surface area contributed by atoms with Gasteiger partial charge in [-0.05, 0) is 31.4 Å². The number of nitrogens with zero attached hydrogens (tertiary/aromatic N) is 1. The summed E-state index contributed by atoms with van der Waals surface area (Å²) in [7, 11) is -3.61. The molecule has 0 aliphatic heterocycles. The highest BCUT2D eigenvalue weighted by Gasteiger charge is 2.20. The fourth-order valence-electron chi connectivity index (χ4n) is 3.24. The Morgan fingerprint density at radius 2 is 1.96 bits per heavy atom. The zero-order chi connectivity index (χ0) is 19.7. The summed E-state index contributed by atoms with van der Waals surface area (Å²) in [6.07, 6.45) is 8.10. The van der Waals surface area contributed by atoms with Gasteiger partial charge in [0, 0.05) is 30.5 Å². The average molecular weight is 417 g/mol. The van der Waals surface area contributed by atoms with Crippen LogP contribution < -0.4 is 9.62 Å². The molecule has 0 atom stereocenters. The van der Waals surface area contributed by atoms with Crippen molar-refractivity contribution in [2.45, 2.75) is 50.2 Å². The minimum absolute atomic E-state index is 0.0179. The van der Waals surface area contributed by atoms with Crippen LogP contribution >= 0.6 is 11.8 Å². The molecule has 1 saturated carbocycles. The number of benzene rings is 1. The van der Waals surface area contributed by atoms with Crippen LogP contribution in [0, 0.1) is 5.82 Å². The summed E-state index contributed by atoms with van der Waals surface area (Å²) in [5.41, 5.74) is 0.0179. The summed E-state index contributed by atoms with van der Waals surface area (Å²) in [5.74, 6) is 0.217. The molecule has 0 bridgehead atoms. The number of carbonyl (C=O) groups is 1. The second kappa shape index (κ2) is 10.9. The van der Waals surface area contributed by atoms with Gasteiger partial charge in [-0.3, -0.25) is 9.10 Å². The Balaban J connectivity index is 1.71. The minimum atomic E-state index is -3.61. The Kier molecular flexibility index (Phi) is 8.89. The van der Waals surface area contributed by atoms with Gasteiger partial charge in [0.15, 0.2) is 0 Å². The third-order valence-corrected chi connectivity index (χ3v) is 7.18. The quantitative estimate of drug-likeness (QED) is 0.593. The van der Waals surface area contributed by atoms with Crippen LogP contribution in [0.25, 0.3) is 0 Å². The maximum Gasteiger partial charge on any atom is 0.232 e. The molecule has 1 aliphatic carbocycles. The molecule has 8 heteroatoms. The first-order chi connectivity index (χ1) is 12.9. The van der Waals surface area contributed by atoms with Crippen molar-refractivity contribution in [3.8, 4) is 0 Å². The second-order valence-electron chi connectivity index (χ2n) is 6.87. The molecule has 0 unspecified atom stereocenters. The van der Waals surface area contributed by atoms with Gasteiger partial charge < -0.3 is 5.32 Å². The van der Waals surface area contributed by atoms with Crippen molar-refractivity contribution in [3.63, 3.8) is 0 Å². The molecule has 1 aromatic carbocycles. The number of thioether (sulfide) groups is 1. The van der Waals surface area contributed by atoms with Gasteiger partial charge in [-0.25, -0.2) is 12.8 Å². The summed E-state index contributed by atoms with van der Waals surface area (Å²) >= 11 is 1.93. The highest BCUT2D eigenvalue weighted by atomic mass is 32.2. The van der Waals surface area contributed by atoms with Crippen molar-refractivity contribution in [1.82, 2.24) is 5.32 Å². The van der Waals surface area contributed by atoms with Crippen molar-refractivity contribution in [1.29, 1.82) is 0 Å². The first-order valence-electron chi connectivity index (χ1n) is 9.48. The molecule has 0 saturated heterocycles. The molecular weight excluding hydrogens is 387 g/mol. The van der Waals surface area contributed by atoms with Crippen molar-refractivity contribution >= 4 is 33.4 Å². The lowest BCUT2D eigenvalue weighted by molar-refractivity contribution is -0.121. The van der Waals surface area contributed by atoms with Crippen LogP contribution in [0.2, 0.25) is 0 Å². The van der Waals surface area contributed by atoms with Crippen molar-refractivity contribution in [2.24, 2.45) is 0 Å². The predicted molar refractivity (Wildman–Crippen MR) is 110 cm³/mol. The van der Waals surface area contributed by atoms with Crippen molar-refractivity contribution < 1.29 is 17.6 Å². The summed E-state index contributed by atoms with van der Waals surface area (Å²) in [5, 5.41) is 3.61. The maximum absolute atomic E-state index is 13.9. The number of hydrogen-bond acceptors (Lipinski definition) is 4. The number of nitrogens with one attached hydrogen (secondary N) is 1. The van der Waals surface area contributed by atoms with Crippen LogP contribution in [0.3, 0.4) is 0 Å². The first-order valence-corrected chi connectivity index (χ1v) is 12.4. The van der Waals surface area contributed by atoms with Crippen LogP contribution in [0.4, 0.5) is 10.1 Å². The van der Waals surface area contributed by atoms with E-state index in [0.717, 1.165) is 21.6 Å². The average Bonchev–Trinajstić information content (AvgIpc) is 2.63. The number of anilines is 1. The molecule has 1 amide bonds. The molecular formula is C19H29FN2O3S2. The van der Waals surface area contributed by atoms with Gasteiger partial charge in [-0.15, -0.1) is 0 Å². The number of carbonyl (C=O) groups excluding carboxylic acids is 1. The van der Waals surface area contributed by atoms with Crippen molar-refractivity contribution in [3.05, 3.63) is 30.1 Å². The number of halogens is 1. The largest absolute Gasteiger partial charge is 0.355 e. The Labute approximate surface area is 166 Å². The molecule has 1 aliphatic rings. The standard InChI is InChI=1S/C19H29FN2O3S2/c1-27(24,25)22(18-11-6-5-10-17(18)20)14-7-12-19(23)21-13-15-26-16-8-3-2-4-9-16/h5-6,10-11,16H,2-4,7-9,12-15H2,1H3,(H,21,23). The molecule has 0 aromatic heterocycles. The van der Waals surface area contributed by atoms with Crippen molar-refractivity contribution in [2.75, 3.05) is 29.4 Å². The van der Waals surface area contributed by atoms with Crippen LogP contribution in [0.1, 0.15) is 44.9 Å². The Bertz CT molecular complexity index is 707. The first kappa shape index (κ1) is 22.0. The second-order valence-corrected chi connectivity index (χ2v) is 10.2. The van der Waals surface area contributed by atoms with Gasteiger partial charge in [-0.1, -0.05) is 31.4 Å². The minimum Gasteiger partial charge on any atom is -0.355 e. The van der Waals surface area contributed by atoms with E-state index in [0.29, 0.717) is 13.0 Å². The van der Waals surface area contributed by atoms with E-state index in [9.17, 15) is 17.6 Å². The molecule has 0 spiro atoms. The SMILES string of the molecule is CS(=O)(=O)N(CCCC(=O)NCCSC1CCCCC1)c1ccccc1F. The van der Waals surface area contributed by atoms with Crippen LogP contribution in [0.5, 0.6) is 0 Å². The zero-order valence-electron chi connectivity index (χ0n) is 15.8. The summed E-state index contributed by atoms with van der Waals surface area (Å²) in [4.78, 5) is 12.0. The highest BCUT2D eigenvalue weighted by Crippen LogP contribution is 2.27. The normalized spacial score (nSPS) is 15.5. The topological polar surface area (TPSA) is 66.5 Å². The lowest BCUT2D eigenvalue weighted by Gasteiger charge is -2.22. The Morgan fingerprint density at radius 1 is 1.26 bits per heavy atom. The van der Waals surface area contributed by atoms with E-state index in [1.54, 1.807) is 6.07 Å². The van der Waals surface area contributed by atoms with E-state index in [2.05, 4.69) is 5.32 Å². The third-order valence-electron chi connectivity index (χ3n) is 4.62. The summed E-state index contributed by atoms with van der Waals surface area (Å²) in [6.45, 7) is 0.702. The number of para-hydroxylation sites is 1. The van der Waals surface area contributed by atoms with Crippen LogP contribution in [-0.4, -0.2) is 44.7 Å². The lowest BCUT2D eigenvalue weighted by Crippen LogP contribution is -2.33. The molecule has 2 rings (SSSR count). The van der Waals surface area contributed by atoms with Gasteiger partial charge >= 0.3 is 0 Å². The Morgan fingerprint density at radius 3 is 2.63 bits per heavy atom. The molecule has 152 valence electrons. The molecule has 1 N–H and O–H groups in total. The number of rotatable bonds is 10. The van der Waals surface area contributed by atoms with Gasteiger partial charge in [-0.2, -0.15) is 11.8 Å². The van der Waals surface area contributed by atoms with Gasteiger partial charge in [0.25, 0.3) is 0 Å². The smallest absolute Gasteiger partial charge is 0.232 e. The van der Waals surface area contributed by atoms with Gasteiger partial charge in [0.05, 0.1) is 11.9 Å². The highest BCUT2D eigenvalue weighted by molar-refractivity contribution is 7.99. The molecule has 5 nitrogen and oxygen atoms in total. The monoisotopic (exact) mass is 416 g/mol. The number of amides is 1.